The Balaban J connectivity index is 1.79. The van der Waals surface area contributed by atoms with Crippen LogP contribution in [0.25, 0.3) is 10.6 Å². The van der Waals surface area contributed by atoms with Crippen LogP contribution in [0.5, 0.6) is 0 Å². The van der Waals surface area contributed by atoms with Gasteiger partial charge in [0, 0.05) is 48.5 Å². The molecule has 1 N–H and O–H groups in total. The third-order valence-electron chi connectivity index (χ3n) is 3.31. The van der Waals surface area contributed by atoms with Gasteiger partial charge in [-0.2, -0.15) is 0 Å². The van der Waals surface area contributed by atoms with Gasteiger partial charge in [-0.3, -0.25) is 0 Å². The highest BCUT2D eigenvalue weighted by atomic mass is 32.1. The van der Waals surface area contributed by atoms with E-state index in [0.717, 1.165) is 29.5 Å². The van der Waals surface area contributed by atoms with Gasteiger partial charge in [-0.25, -0.2) is 9.97 Å². The summed E-state index contributed by atoms with van der Waals surface area (Å²) in [5.74, 6) is 1.06. The quantitative estimate of drug-likeness (QED) is 0.913. The van der Waals surface area contributed by atoms with Gasteiger partial charge in [-0.05, 0) is 26.0 Å². The van der Waals surface area contributed by atoms with Crippen molar-refractivity contribution in [3.05, 3.63) is 29.9 Å². The van der Waals surface area contributed by atoms with Crippen molar-refractivity contribution < 1.29 is 0 Å². The van der Waals surface area contributed by atoms with E-state index in [4.69, 9.17) is 0 Å². The molecule has 2 aromatic heterocycles. The predicted molar refractivity (Wildman–Crippen MR) is 79.6 cm³/mol. The van der Waals surface area contributed by atoms with E-state index in [-0.39, 0.29) is 0 Å². The molecule has 2 aromatic rings. The fourth-order valence-corrected chi connectivity index (χ4v) is 3.21. The number of hydrogen-bond acceptors (Lipinski definition) is 5. The Labute approximate surface area is 117 Å². The zero-order valence-corrected chi connectivity index (χ0v) is 12.0. The van der Waals surface area contributed by atoms with E-state index in [0.29, 0.717) is 12.1 Å². The van der Waals surface area contributed by atoms with Crippen LogP contribution in [0.1, 0.15) is 13.8 Å². The summed E-state index contributed by atoms with van der Waals surface area (Å²) < 4.78 is 0. The summed E-state index contributed by atoms with van der Waals surface area (Å²) in [6.07, 6.45) is 3.75. The molecule has 0 saturated carbocycles. The molecule has 1 aliphatic rings. The monoisotopic (exact) mass is 274 g/mol. The highest BCUT2D eigenvalue weighted by molar-refractivity contribution is 7.13. The van der Waals surface area contributed by atoms with Gasteiger partial charge >= 0.3 is 0 Å². The summed E-state index contributed by atoms with van der Waals surface area (Å²) in [6.45, 7) is 6.45. The van der Waals surface area contributed by atoms with E-state index < -0.39 is 0 Å². The van der Waals surface area contributed by atoms with Gasteiger partial charge in [0.05, 0.1) is 0 Å². The second-order valence-electron chi connectivity index (χ2n) is 5.12. The minimum atomic E-state index is 0.504. The first kappa shape index (κ1) is 12.6. The molecule has 3 rings (SSSR count). The van der Waals surface area contributed by atoms with Crippen molar-refractivity contribution in [3.8, 4) is 10.6 Å². The Hall–Kier alpha value is -1.46. The highest BCUT2D eigenvalue weighted by Crippen LogP contribution is 2.23. The number of aromatic nitrogens is 2. The fourth-order valence-electron chi connectivity index (χ4n) is 2.58. The van der Waals surface area contributed by atoms with E-state index in [1.807, 2.05) is 17.8 Å². The number of nitrogens with one attached hydrogen (secondary N) is 1. The summed E-state index contributed by atoms with van der Waals surface area (Å²) in [6, 6.07) is 5.22. The van der Waals surface area contributed by atoms with Crippen LogP contribution in [0.3, 0.4) is 0 Å². The second kappa shape index (κ2) is 5.27. The molecule has 1 fully saturated rings. The van der Waals surface area contributed by atoms with Crippen LogP contribution in [0.4, 0.5) is 5.82 Å². The van der Waals surface area contributed by atoms with Gasteiger partial charge in [0.15, 0.2) is 0 Å². The molecule has 0 spiro atoms. The normalized spacial score (nSPS) is 23.6. The number of pyridine rings is 1. The molecule has 4 nitrogen and oxygen atoms in total. The molecule has 2 atom stereocenters. The molecule has 0 amide bonds. The van der Waals surface area contributed by atoms with Gasteiger partial charge in [-0.15, -0.1) is 11.3 Å². The van der Waals surface area contributed by atoms with Gasteiger partial charge in [-0.1, -0.05) is 0 Å². The van der Waals surface area contributed by atoms with Crippen molar-refractivity contribution in [1.82, 2.24) is 15.3 Å². The van der Waals surface area contributed by atoms with Crippen LogP contribution in [0.15, 0.2) is 29.9 Å². The molecule has 1 saturated heterocycles. The number of anilines is 1. The van der Waals surface area contributed by atoms with Crippen LogP contribution in [-0.2, 0) is 0 Å². The average Bonchev–Trinajstić information content (AvgIpc) is 2.91. The Kier molecular flexibility index (Phi) is 3.48. The maximum Gasteiger partial charge on any atom is 0.128 e. The number of hydrogen-bond donors (Lipinski definition) is 1. The number of rotatable bonds is 2. The van der Waals surface area contributed by atoms with E-state index in [1.165, 1.54) is 0 Å². The van der Waals surface area contributed by atoms with E-state index in [2.05, 4.69) is 46.2 Å². The molecular formula is C14H18N4S. The Morgan fingerprint density at radius 2 is 2.00 bits per heavy atom. The summed E-state index contributed by atoms with van der Waals surface area (Å²) in [5, 5.41) is 6.55. The number of nitrogens with zero attached hydrogens (tertiary/aromatic N) is 3. The predicted octanol–water partition coefficient (Wildman–Crippen LogP) is 2.39. The third-order valence-corrected chi connectivity index (χ3v) is 4.13. The standard InChI is InChI=1S/C14H18N4S/c1-10-8-18(9-11(2)17-10)13-4-3-12(7-16-13)14-15-5-6-19-14/h3-7,10-11,17H,8-9H2,1-2H3/t10-,11+. The van der Waals surface area contributed by atoms with E-state index in [1.54, 1.807) is 11.3 Å². The smallest absolute Gasteiger partial charge is 0.128 e. The third kappa shape index (κ3) is 2.77. The maximum absolute atomic E-state index is 4.59. The van der Waals surface area contributed by atoms with Gasteiger partial charge in [0.2, 0.25) is 0 Å². The molecule has 5 heteroatoms. The maximum atomic E-state index is 4.59. The molecule has 0 unspecified atom stereocenters. The first-order valence-corrected chi connectivity index (χ1v) is 7.47. The zero-order chi connectivity index (χ0) is 13.2. The summed E-state index contributed by atoms with van der Waals surface area (Å²) in [5.41, 5.74) is 1.09. The molecule has 0 radical (unpaired) electrons. The summed E-state index contributed by atoms with van der Waals surface area (Å²) in [4.78, 5) is 11.2. The minimum Gasteiger partial charge on any atom is -0.354 e. The first-order chi connectivity index (χ1) is 9.22. The lowest BCUT2D eigenvalue weighted by Crippen LogP contribution is -2.54. The van der Waals surface area contributed by atoms with Crippen LogP contribution >= 0.6 is 11.3 Å². The van der Waals surface area contributed by atoms with Crippen molar-refractivity contribution in [2.24, 2.45) is 0 Å². The topological polar surface area (TPSA) is 41.1 Å². The van der Waals surface area contributed by atoms with E-state index >= 15 is 0 Å². The van der Waals surface area contributed by atoms with Crippen molar-refractivity contribution in [1.29, 1.82) is 0 Å². The van der Waals surface area contributed by atoms with Crippen LogP contribution < -0.4 is 10.2 Å². The molecule has 0 aliphatic carbocycles. The molecule has 0 bridgehead atoms. The van der Waals surface area contributed by atoms with Crippen LogP contribution in [0.2, 0.25) is 0 Å². The van der Waals surface area contributed by atoms with Gasteiger partial charge < -0.3 is 10.2 Å². The van der Waals surface area contributed by atoms with Crippen molar-refractivity contribution in [3.63, 3.8) is 0 Å². The Morgan fingerprint density at radius 1 is 1.21 bits per heavy atom. The Bertz CT molecular complexity index is 513. The average molecular weight is 274 g/mol. The molecule has 100 valence electrons. The lowest BCUT2D eigenvalue weighted by molar-refractivity contribution is 0.405. The largest absolute Gasteiger partial charge is 0.354 e. The molecule has 1 aliphatic heterocycles. The molecule has 3 heterocycles. The lowest BCUT2D eigenvalue weighted by Gasteiger charge is -2.36. The molecule has 0 aromatic carbocycles. The van der Waals surface area contributed by atoms with E-state index in [9.17, 15) is 0 Å². The number of thiazole rings is 1. The highest BCUT2D eigenvalue weighted by Gasteiger charge is 2.21. The van der Waals surface area contributed by atoms with Crippen molar-refractivity contribution in [2.45, 2.75) is 25.9 Å². The summed E-state index contributed by atoms with van der Waals surface area (Å²) in [7, 11) is 0. The van der Waals surface area contributed by atoms with Crippen LogP contribution in [0, 0.1) is 0 Å². The molecular weight excluding hydrogens is 256 g/mol. The van der Waals surface area contributed by atoms with Crippen molar-refractivity contribution >= 4 is 17.2 Å². The van der Waals surface area contributed by atoms with Gasteiger partial charge in [0.25, 0.3) is 0 Å². The lowest BCUT2D eigenvalue weighted by atomic mass is 10.1. The van der Waals surface area contributed by atoms with Crippen molar-refractivity contribution in [2.75, 3.05) is 18.0 Å². The summed E-state index contributed by atoms with van der Waals surface area (Å²) >= 11 is 1.64. The first-order valence-electron chi connectivity index (χ1n) is 6.59. The van der Waals surface area contributed by atoms with Gasteiger partial charge in [0.1, 0.15) is 10.8 Å². The zero-order valence-electron chi connectivity index (χ0n) is 11.2. The Morgan fingerprint density at radius 3 is 2.58 bits per heavy atom. The molecule has 19 heavy (non-hydrogen) atoms. The fraction of sp³-hybridized carbons (Fsp3) is 0.429. The second-order valence-corrected chi connectivity index (χ2v) is 6.01. The SMILES string of the molecule is C[C@@H]1CN(c2ccc(-c3nccs3)cn2)C[C@H](C)N1. The minimum absolute atomic E-state index is 0.504. The van der Waals surface area contributed by atoms with Crippen LogP contribution in [-0.4, -0.2) is 35.1 Å². The number of piperazine rings is 1.